The van der Waals surface area contributed by atoms with Crippen LogP contribution in [0, 0.1) is 0 Å². The molecular weight excluding hydrogens is 204 g/mol. The van der Waals surface area contributed by atoms with Gasteiger partial charge in [-0.25, -0.2) is 0 Å². The van der Waals surface area contributed by atoms with Crippen LogP contribution in [0.15, 0.2) is 18.2 Å². The first-order valence-corrected chi connectivity index (χ1v) is 5.60. The molecule has 2 rings (SSSR count). The molecule has 0 heterocycles. The number of hydrogen-bond donors (Lipinski definition) is 0. The number of hydrogen-bond acceptors (Lipinski definition) is 3. The second kappa shape index (κ2) is 5.01. The van der Waals surface area contributed by atoms with Crippen molar-refractivity contribution < 1.29 is 14.3 Å². The van der Waals surface area contributed by atoms with Crippen LogP contribution in [-0.2, 0) is 11.2 Å². The van der Waals surface area contributed by atoms with Crippen molar-refractivity contribution in [3.05, 3.63) is 23.8 Å². The highest BCUT2D eigenvalue weighted by atomic mass is 16.5. The Bertz CT molecular complexity index is 369. The first-order valence-electron chi connectivity index (χ1n) is 5.60. The van der Waals surface area contributed by atoms with E-state index < -0.39 is 0 Å². The number of rotatable bonds is 6. The molecule has 0 atom stereocenters. The molecule has 3 heteroatoms. The van der Waals surface area contributed by atoms with Crippen LogP contribution in [0.25, 0.3) is 0 Å². The molecule has 1 aliphatic rings. The number of ether oxygens (including phenoxy) is 2. The molecule has 1 aromatic rings. The number of aldehydes is 1. The van der Waals surface area contributed by atoms with Gasteiger partial charge in [0.25, 0.3) is 0 Å². The highest BCUT2D eigenvalue weighted by Crippen LogP contribution is 2.34. The van der Waals surface area contributed by atoms with E-state index in [9.17, 15) is 4.79 Å². The Morgan fingerprint density at radius 2 is 2.19 bits per heavy atom. The Morgan fingerprint density at radius 3 is 2.81 bits per heavy atom. The normalized spacial score (nSPS) is 14.6. The van der Waals surface area contributed by atoms with E-state index in [2.05, 4.69) is 0 Å². The minimum Gasteiger partial charge on any atom is -0.493 e. The van der Waals surface area contributed by atoms with Crippen molar-refractivity contribution in [2.24, 2.45) is 0 Å². The van der Waals surface area contributed by atoms with E-state index in [1.165, 1.54) is 0 Å². The smallest absolute Gasteiger partial charge is 0.161 e. The number of methoxy groups -OCH3 is 1. The second-order valence-corrected chi connectivity index (χ2v) is 4.01. The van der Waals surface area contributed by atoms with Crippen LogP contribution in [-0.4, -0.2) is 19.5 Å². The lowest BCUT2D eigenvalue weighted by molar-refractivity contribution is -0.107. The lowest BCUT2D eigenvalue weighted by atomic mass is 10.1. The van der Waals surface area contributed by atoms with Gasteiger partial charge in [-0.3, -0.25) is 0 Å². The Balaban J connectivity index is 2.12. The van der Waals surface area contributed by atoms with Crippen molar-refractivity contribution in [1.82, 2.24) is 0 Å². The number of carbonyl (C=O) groups is 1. The molecule has 0 saturated heterocycles. The van der Waals surface area contributed by atoms with E-state index >= 15 is 0 Å². The summed E-state index contributed by atoms with van der Waals surface area (Å²) in [6, 6.07) is 5.85. The van der Waals surface area contributed by atoms with E-state index in [0.29, 0.717) is 12.5 Å². The number of aryl methyl sites for hydroxylation is 1. The zero-order valence-corrected chi connectivity index (χ0v) is 9.44. The maximum atomic E-state index is 10.3. The third-order valence-corrected chi connectivity index (χ3v) is 2.60. The Kier molecular flexibility index (Phi) is 3.44. The van der Waals surface area contributed by atoms with Crippen LogP contribution < -0.4 is 9.47 Å². The summed E-state index contributed by atoms with van der Waals surface area (Å²) in [5, 5.41) is 0. The maximum absolute atomic E-state index is 10.3. The molecule has 1 fully saturated rings. The predicted molar refractivity (Wildman–Crippen MR) is 61.0 cm³/mol. The monoisotopic (exact) mass is 220 g/mol. The zero-order valence-electron chi connectivity index (χ0n) is 9.44. The molecule has 0 aromatic heterocycles. The molecule has 0 aliphatic heterocycles. The van der Waals surface area contributed by atoms with Gasteiger partial charge in [-0.15, -0.1) is 0 Å². The SMILES string of the molecule is COc1ccc(CCC=O)cc1OC1CC1. The summed E-state index contributed by atoms with van der Waals surface area (Å²) in [6.07, 6.45) is 4.86. The Labute approximate surface area is 95.4 Å². The molecule has 1 aromatic carbocycles. The van der Waals surface area contributed by atoms with Gasteiger partial charge in [0.2, 0.25) is 0 Å². The third-order valence-electron chi connectivity index (χ3n) is 2.60. The largest absolute Gasteiger partial charge is 0.493 e. The van der Waals surface area contributed by atoms with E-state index in [-0.39, 0.29) is 0 Å². The standard InChI is InChI=1S/C13H16O3/c1-15-12-7-4-10(3-2-8-14)9-13(12)16-11-5-6-11/h4,7-9,11H,2-3,5-6H2,1H3. The fourth-order valence-electron chi connectivity index (χ4n) is 1.56. The Hall–Kier alpha value is -1.51. The minimum absolute atomic E-state index is 0.357. The van der Waals surface area contributed by atoms with Crippen LogP contribution in [0.3, 0.4) is 0 Å². The van der Waals surface area contributed by atoms with E-state index in [1.807, 2.05) is 18.2 Å². The van der Waals surface area contributed by atoms with Crippen LogP contribution in [0.4, 0.5) is 0 Å². The summed E-state index contributed by atoms with van der Waals surface area (Å²) in [4.78, 5) is 10.3. The lowest BCUT2D eigenvalue weighted by Gasteiger charge is -2.11. The topological polar surface area (TPSA) is 35.5 Å². The molecule has 0 radical (unpaired) electrons. The van der Waals surface area contributed by atoms with Gasteiger partial charge < -0.3 is 14.3 Å². The summed E-state index contributed by atoms with van der Waals surface area (Å²) in [5.74, 6) is 1.56. The van der Waals surface area contributed by atoms with Crippen LogP contribution >= 0.6 is 0 Å². The van der Waals surface area contributed by atoms with Gasteiger partial charge in [-0.1, -0.05) is 6.07 Å². The van der Waals surface area contributed by atoms with Crippen molar-refractivity contribution in [2.45, 2.75) is 31.8 Å². The average Bonchev–Trinajstić information content (AvgIpc) is 3.10. The highest BCUT2D eigenvalue weighted by Gasteiger charge is 2.24. The van der Waals surface area contributed by atoms with Gasteiger partial charge in [0.15, 0.2) is 11.5 Å². The zero-order chi connectivity index (χ0) is 11.4. The summed E-state index contributed by atoms with van der Waals surface area (Å²) < 4.78 is 11.0. The van der Waals surface area contributed by atoms with E-state index in [4.69, 9.17) is 9.47 Å². The van der Waals surface area contributed by atoms with E-state index in [0.717, 1.165) is 42.6 Å². The minimum atomic E-state index is 0.357. The van der Waals surface area contributed by atoms with Crippen molar-refractivity contribution in [3.8, 4) is 11.5 Å². The molecular formula is C13H16O3. The van der Waals surface area contributed by atoms with Crippen molar-refractivity contribution >= 4 is 6.29 Å². The average molecular weight is 220 g/mol. The van der Waals surface area contributed by atoms with Gasteiger partial charge >= 0.3 is 0 Å². The summed E-state index contributed by atoms with van der Waals surface area (Å²) >= 11 is 0. The van der Waals surface area contributed by atoms with Crippen LogP contribution in [0.1, 0.15) is 24.8 Å². The molecule has 1 saturated carbocycles. The fourth-order valence-corrected chi connectivity index (χ4v) is 1.56. The van der Waals surface area contributed by atoms with Crippen LogP contribution in [0.5, 0.6) is 11.5 Å². The first-order chi connectivity index (χ1) is 7.83. The molecule has 86 valence electrons. The second-order valence-electron chi connectivity index (χ2n) is 4.01. The molecule has 0 bridgehead atoms. The first kappa shape index (κ1) is 11.0. The van der Waals surface area contributed by atoms with Crippen molar-refractivity contribution in [1.29, 1.82) is 0 Å². The Morgan fingerprint density at radius 1 is 1.38 bits per heavy atom. The van der Waals surface area contributed by atoms with Gasteiger partial charge in [0, 0.05) is 6.42 Å². The molecule has 0 amide bonds. The third kappa shape index (κ3) is 2.75. The molecule has 0 N–H and O–H groups in total. The molecule has 16 heavy (non-hydrogen) atoms. The van der Waals surface area contributed by atoms with Gasteiger partial charge in [0.05, 0.1) is 13.2 Å². The van der Waals surface area contributed by atoms with Crippen LogP contribution in [0.2, 0.25) is 0 Å². The van der Waals surface area contributed by atoms with Crippen molar-refractivity contribution in [3.63, 3.8) is 0 Å². The maximum Gasteiger partial charge on any atom is 0.161 e. The molecule has 1 aliphatic carbocycles. The predicted octanol–water partition coefficient (Wildman–Crippen LogP) is 2.37. The molecule has 3 nitrogen and oxygen atoms in total. The quantitative estimate of drug-likeness (QED) is 0.690. The highest BCUT2D eigenvalue weighted by molar-refractivity contribution is 5.51. The fraction of sp³-hybridized carbons (Fsp3) is 0.462. The summed E-state index contributed by atoms with van der Waals surface area (Å²) in [6.45, 7) is 0. The molecule has 0 spiro atoms. The number of benzene rings is 1. The summed E-state index contributed by atoms with van der Waals surface area (Å²) in [7, 11) is 1.64. The van der Waals surface area contributed by atoms with E-state index in [1.54, 1.807) is 7.11 Å². The molecule has 0 unspecified atom stereocenters. The summed E-state index contributed by atoms with van der Waals surface area (Å²) in [5.41, 5.74) is 1.11. The van der Waals surface area contributed by atoms with Crippen molar-refractivity contribution in [2.75, 3.05) is 7.11 Å². The van der Waals surface area contributed by atoms with Gasteiger partial charge in [0.1, 0.15) is 6.29 Å². The number of carbonyl (C=O) groups excluding carboxylic acids is 1. The van der Waals surface area contributed by atoms with Gasteiger partial charge in [-0.2, -0.15) is 0 Å². The lowest BCUT2D eigenvalue weighted by Crippen LogP contribution is -1.99. The van der Waals surface area contributed by atoms with Gasteiger partial charge in [-0.05, 0) is 37.0 Å².